The van der Waals surface area contributed by atoms with Crippen LogP contribution in [0.5, 0.6) is 0 Å². The summed E-state index contributed by atoms with van der Waals surface area (Å²) in [5.74, 6) is -1.21. The third kappa shape index (κ3) is 5.24. The van der Waals surface area contributed by atoms with Crippen molar-refractivity contribution < 1.29 is 23.5 Å². The highest BCUT2D eigenvalue weighted by atomic mass is 19.1. The van der Waals surface area contributed by atoms with E-state index >= 15 is 0 Å². The van der Waals surface area contributed by atoms with Gasteiger partial charge in [0.25, 0.3) is 5.91 Å². The fraction of sp³-hybridized carbons (Fsp3) is 0.500. The van der Waals surface area contributed by atoms with E-state index in [1.165, 1.54) is 18.2 Å². The van der Waals surface area contributed by atoms with Gasteiger partial charge in [-0.15, -0.1) is 0 Å². The molecule has 0 bridgehead atoms. The van der Waals surface area contributed by atoms with Crippen molar-refractivity contribution in [1.29, 1.82) is 0 Å². The number of morpholine rings is 1. The third-order valence-corrected chi connectivity index (χ3v) is 4.58. The predicted octanol–water partition coefficient (Wildman–Crippen LogP) is 0.0846. The SMILES string of the molecule is O=C(CC1NC(=O)N(Cc2cccc(F)c2)C1=O)NCCN1CCOCC1. The number of rotatable bonds is 7. The lowest BCUT2D eigenvalue weighted by Crippen LogP contribution is -2.42. The summed E-state index contributed by atoms with van der Waals surface area (Å²) >= 11 is 0. The van der Waals surface area contributed by atoms with E-state index in [9.17, 15) is 18.8 Å². The second-order valence-corrected chi connectivity index (χ2v) is 6.56. The summed E-state index contributed by atoms with van der Waals surface area (Å²) in [6, 6.07) is 4.24. The lowest BCUT2D eigenvalue weighted by molar-refractivity contribution is -0.131. The Morgan fingerprint density at radius 2 is 2.07 bits per heavy atom. The van der Waals surface area contributed by atoms with Crippen molar-refractivity contribution in [2.75, 3.05) is 39.4 Å². The fourth-order valence-electron chi connectivity index (χ4n) is 3.12. The van der Waals surface area contributed by atoms with E-state index in [1.54, 1.807) is 6.07 Å². The number of carbonyl (C=O) groups is 3. The number of nitrogens with one attached hydrogen (secondary N) is 2. The molecule has 2 heterocycles. The summed E-state index contributed by atoms with van der Waals surface area (Å²) in [6.45, 7) is 4.21. The molecule has 4 amide bonds. The summed E-state index contributed by atoms with van der Waals surface area (Å²) in [7, 11) is 0. The number of amides is 4. The van der Waals surface area contributed by atoms with Crippen LogP contribution in [0.25, 0.3) is 0 Å². The van der Waals surface area contributed by atoms with Crippen molar-refractivity contribution in [3.8, 4) is 0 Å². The Bertz CT molecular complexity index is 708. The molecule has 2 aliphatic rings. The van der Waals surface area contributed by atoms with Gasteiger partial charge in [0.05, 0.1) is 26.2 Å². The Labute approximate surface area is 156 Å². The van der Waals surface area contributed by atoms with Gasteiger partial charge in [0.15, 0.2) is 0 Å². The molecule has 1 aromatic carbocycles. The Hall–Kier alpha value is -2.52. The maximum absolute atomic E-state index is 13.3. The first-order chi connectivity index (χ1) is 13.0. The van der Waals surface area contributed by atoms with Crippen molar-refractivity contribution in [3.63, 3.8) is 0 Å². The van der Waals surface area contributed by atoms with E-state index in [0.29, 0.717) is 31.9 Å². The summed E-state index contributed by atoms with van der Waals surface area (Å²) < 4.78 is 18.5. The minimum absolute atomic E-state index is 0.0302. The zero-order chi connectivity index (χ0) is 19.2. The number of ether oxygens (including phenoxy) is 1. The Morgan fingerprint density at radius 3 is 2.81 bits per heavy atom. The van der Waals surface area contributed by atoms with Gasteiger partial charge in [0.1, 0.15) is 11.9 Å². The molecule has 146 valence electrons. The Morgan fingerprint density at radius 1 is 1.30 bits per heavy atom. The fourth-order valence-corrected chi connectivity index (χ4v) is 3.12. The smallest absolute Gasteiger partial charge is 0.325 e. The molecule has 9 heteroatoms. The Kier molecular flexibility index (Phi) is 6.36. The van der Waals surface area contributed by atoms with E-state index in [0.717, 1.165) is 18.0 Å². The van der Waals surface area contributed by atoms with Gasteiger partial charge < -0.3 is 15.4 Å². The average molecular weight is 378 g/mol. The van der Waals surface area contributed by atoms with Gasteiger partial charge >= 0.3 is 6.03 Å². The standard InChI is InChI=1S/C18H23FN4O4/c19-14-3-1-2-13(10-14)12-23-17(25)15(21-18(23)26)11-16(24)20-4-5-22-6-8-27-9-7-22/h1-3,10,15H,4-9,11-12H2,(H,20,24)(H,21,26). The lowest BCUT2D eigenvalue weighted by atomic mass is 10.1. The quantitative estimate of drug-likeness (QED) is 0.656. The third-order valence-electron chi connectivity index (χ3n) is 4.58. The van der Waals surface area contributed by atoms with Crippen LogP contribution in [-0.2, 0) is 20.9 Å². The van der Waals surface area contributed by atoms with Crippen LogP contribution in [0.15, 0.2) is 24.3 Å². The van der Waals surface area contributed by atoms with Gasteiger partial charge in [0, 0.05) is 26.2 Å². The largest absolute Gasteiger partial charge is 0.379 e. The van der Waals surface area contributed by atoms with Gasteiger partial charge in [-0.25, -0.2) is 9.18 Å². The molecule has 8 nitrogen and oxygen atoms in total. The van der Waals surface area contributed by atoms with Crippen LogP contribution in [0, 0.1) is 5.82 Å². The van der Waals surface area contributed by atoms with Crippen LogP contribution < -0.4 is 10.6 Å². The van der Waals surface area contributed by atoms with Gasteiger partial charge in [-0.05, 0) is 17.7 Å². The molecule has 3 rings (SSSR count). The molecule has 0 aliphatic carbocycles. The van der Waals surface area contributed by atoms with E-state index < -0.39 is 23.8 Å². The topological polar surface area (TPSA) is 91.0 Å². The molecule has 0 saturated carbocycles. The van der Waals surface area contributed by atoms with Crippen molar-refractivity contribution >= 4 is 17.8 Å². The molecular weight excluding hydrogens is 355 g/mol. The van der Waals surface area contributed by atoms with E-state index in [1.807, 2.05) is 0 Å². The van der Waals surface area contributed by atoms with E-state index in [4.69, 9.17) is 4.74 Å². The lowest BCUT2D eigenvalue weighted by Gasteiger charge is -2.26. The van der Waals surface area contributed by atoms with Crippen LogP contribution in [0.2, 0.25) is 0 Å². The molecule has 0 aromatic heterocycles. The molecular formula is C18H23FN4O4. The summed E-state index contributed by atoms with van der Waals surface area (Å²) in [4.78, 5) is 39.7. The number of carbonyl (C=O) groups excluding carboxylic acids is 3. The van der Waals surface area contributed by atoms with E-state index in [-0.39, 0.29) is 18.9 Å². The van der Waals surface area contributed by atoms with Gasteiger partial charge in [-0.1, -0.05) is 12.1 Å². The second kappa shape index (κ2) is 8.92. The number of halogens is 1. The first-order valence-corrected chi connectivity index (χ1v) is 8.96. The summed E-state index contributed by atoms with van der Waals surface area (Å²) in [5.41, 5.74) is 0.508. The van der Waals surface area contributed by atoms with Gasteiger partial charge in [0.2, 0.25) is 5.91 Å². The van der Waals surface area contributed by atoms with Crippen LogP contribution in [0.3, 0.4) is 0 Å². The van der Waals surface area contributed by atoms with Crippen LogP contribution >= 0.6 is 0 Å². The second-order valence-electron chi connectivity index (χ2n) is 6.56. The molecule has 1 unspecified atom stereocenters. The first kappa shape index (κ1) is 19.2. The maximum atomic E-state index is 13.3. The Balaban J connectivity index is 1.45. The average Bonchev–Trinajstić information content (AvgIpc) is 2.90. The van der Waals surface area contributed by atoms with Crippen LogP contribution in [0.1, 0.15) is 12.0 Å². The minimum Gasteiger partial charge on any atom is -0.379 e. The maximum Gasteiger partial charge on any atom is 0.325 e. The van der Waals surface area contributed by atoms with E-state index in [2.05, 4.69) is 15.5 Å². The molecule has 0 radical (unpaired) electrons. The number of hydrogen-bond donors (Lipinski definition) is 2. The minimum atomic E-state index is -0.894. The van der Waals surface area contributed by atoms with Gasteiger partial charge in [-0.3, -0.25) is 19.4 Å². The zero-order valence-corrected chi connectivity index (χ0v) is 14.9. The summed E-state index contributed by atoms with van der Waals surface area (Å²) in [6.07, 6.45) is -0.118. The van der Waals surface area contributed by atoms with Crippen LogP contribution in [-0.4, -0.2) is 73.1 Å². The molecule has 1 atom stereocenters. The highest BCUT2D eigenvalue weighted by molar-refractivity contribution is 6.05. The molecule has 2 fully saturated rings. The highest BCUT2D eigenvalue weighted by Crippen LogP contribution is 2.14. The summed E-state index contributed by atoms with van der Waals surface area (Å²) in [5, 5.41) is 5.29. The number of benzene rings is 1. The van der Waals surface area contributed by atoms with Gasteiger partial charge in [-0.2, -0.15) is 0 Å². The normalized spacial score (nSPS) is 20.6. The predicted molar refractivity (Wildman–Crippen MR) is 94.2 cm³/mol. The van der Waals surface area contributed by atoms with Crippen molar-refractivity contribution in [2.45, 2.75) is 19.0 Å². The van der Waals surface area contributed by atoms with Crippen molar-refractivity contribution in [2.24, 2.45) is 0 Å². The zero-order valence-electron chi connectivity index (χ0n) is 14.9. The number of hydrogen-bond acceptors (Lipinski definition) is 5. The monoisotopic (exact) mass is 378 g/mol. The molecule has 27 heavy (non-hydrogen) atoms. The number of nitrogens with zero attached hydrogens (tertiary/aromatic N) is 2. The molecule has 2 aliphatic heterocycles. The highest BCUT2D eigenvalue weighted by Gasteiger charge is 2.38. The van der Waals surface area contributed by atoms with Crippen molar-refractivity contribution in [3.05, 3.63) is 35.6 Å². The number of imide groups is 1. The number of urea groups is 1. The molecule has 0 spiro atoms. The molecule has 2 N–H and O–H groups in total. The first-order valence-electron chi connectivity index (χ1n) is 8.96. The van der Waals surface area contributed by atoms with Crippen LogP contribution in [0.4, 0.5) is 9.18 Å². The molecule has 2 saturated heterocycles. The molecule has 1 aromatic rings. The van der Waals surface area contributed by atoms with Crippen molar-refractivity contribution in [1.82, 2.24) is 20.4 Å².